The van der Waals surface area contributed by atoms with Gasteiger partial charge in [0.05, 0.1) is 6.04 Å². The molecular weight excluding hydrogens is 404 g/mol. The molecule has 1 amide bonds. The van der Waals surface area contributed by atoms with E-state index in [2.05, 4.69) is 16.0 Å². The lowest BCUT2D eigenvalue weighted by Crippen LogP contribution is -2.40. The van der Waals surface area contributed by atoms with Crippen molar-refractivity contribution >= 4 is 53.9 Å². The largest absolute Gasteiger partial charge is 0.351 e. The van der Waals surface area contributed by atoms with Crippen LogP contribution >= 0.6 is 48.0 Å². The van der Waals surface area contributed by atoms with Crippen LogP contribution in [0.4, 0.5) is 0 Å². The summed E-state index contributed by atoms with van der Waals surface area (Å²) >= 11 is 12.2. The van der Waals surface area contributed by atoms with Crippen molar-refractivity contribution in [2.75, 3.05) is 19.6 Å². The van der Waals surface area contributed by atoms with E-state index in [0.717, 1.165) is 50.0 Å². The van der Waals surface area contributed by atoms with Gasteiger partial charge in [0.25, 0.3) is 0 Å². The lowest BCUT2D eigenvalue weighted by atomic mass is 9.77. The second kappa shape index (κ2) is 9.63. The summed E-state index contributed by atoms with van der Waals surface area (Å²) in [5.74, 6) is 0.0609. The summed E-state index contributed by atoms with van der Waals surface area (Å²) in [6, 6.07) is 3.49. The molecule has 2 aliphatic heterocycles. The first kappa shape index (κ1) is 22.8. The van der Waals surface area contributed by atoms with Gasteiger partial charge in [-0.3, -0.25) is 4.79 Å². The number of piperidine rings is 1. The zero-order chi connectivity index (χ0) is 16.4. The maximum atomic E-state index is 12.5. The SMILES string of the molecule is Cc1cc(Cl)cc(Cl)c1CNC(=O)C1CC2(CCNCC2)CN1.Cl.Cl. The van der Waals surface area contributed by atoms with Crippen LogP contribution in [0.2, 0.25) is 10.0 Å². The monoisotopic (exact) mass is 427 g/mol. The van der Waals surface area contributed by atoms with E-state index in [1.165, 1.54) is 0 Å². The highest BCUT2D eigenvalue weighted by Crippen LogP contribution is 2.37. The van der Waals surface area contributed by atoms with Crippen LogP contribution in [0.5, 0.6) is 0 Å². The van der Waals surface area contributed by atoms with Crippen LogP contribution in [-0.4, -0.2) is 31.6 Å². The van der Waals surface area contributed by atoms with Gasteiger partial charge in [0.1, 0.15) is 0 Å². The Morgan fingerprint density at radius 2 is 1.96 bits per heavy atom. The Morgan fingerprint density at radius 3 is 2.60 bits per heavy atom. The van der Waals surface area contributed by atoms with Crippen LogP contribution in [0.15, 0.2) is 12.1 Å². The third-order valence-corrected chi connectivity index (χ3v) is 5.72. The summed E-state index contributed by atoms with van der Waals surface area (Å²) in [7, 11) is 0. The third kappa shape index (κ3) is 5.38. The number of hydrogen-bond donors (Lipinski definition) is 3. The van der Waals surface area contributed by atoms with Crippen LogP contribution in [0.25, 0.3) is 0 Å². The normalized spacial score (nSPS) is 21.3. The maximum Gasteiger partial charge on any atom is 0.237 e. The molecule has 25 heavy (non-hydrogen) atoms. The molecule has 0 aliphatic carbocycles. The van der Waals surface area contributed by atoms with E-state index in [1.807, 2.05) is 13.0 Å². The van der Waals surface area contributed by atoms with E-state index >= 15 is 0 Å². The molecule has 1 aromatic carbocycles. The fraction of sp³-hybridized carbons (Fsp3) is 0.588. The molecule has 142 valence electrons. The average molecular weight is 429 g/mol. The number of rotatable bonds is 3. The summed E-state index contributed by atoms with van der Waals surface area (Å²) in [6.45, 7) is 5.43. The van der Waals surface area contributed by atoms with Crippen LogP contribution in [0.1, 0.15) is 30.4 Å². The smallest absolute Gasteiger partial charge is 0.237 e. The quantitative estimate of drug-likeness (QED) is 0.690. The molecule has 2 aliphatic rings. The predicted molar refractivity (Wildman–Crippen MR) is 108 cm³/mol. The van der Waals surface area contributed by atoms with Gasteiger partial charge in [-0.2, -0.15) is 0 Å². The molecule has 0 bridgehead atoms. The van der Waals surface area contributed by atoms with Crippen molar-refractivity contribution < 1.29 is 4.79 Å². The van der Waals surface area contributed by atoms with E-state index in [1.54, 1.807) is 6.07 Å². The first-order valence-electron chi connectivity index (χ1n) is 8.15. The van der Waals surface area contributed by atoms with E-state index in [4.69, 9.17) is 23.2 Å². The minimum atomic E-state index is -0.0977. The van der Waals surface area contributed by atoms with Gasteiger partial charge in [0.2, 0.25) is 5.91 Å². The van der Waals surface area contributed by atoms with Crippen LogP contribution in [0, 0.1) is 12.3 Å². The molecule has 2 heterocycles. The summed E-state index contributed by atoms with van der Waals surface area (Å²) in [6.07, 6.45) is 3.21. The maximum absolute atomic E-state index is 12.5. The van der Waals surface area contributed by atoms with Crippen molar-refractivity contribution in [2.24, 2.45) is 5.41 Å². The zero-order valence-corrected chi connectivity index (χ0v) is 17.3. The molecule has 0 saturated carbocycles. The van der Waals surface area contributed by atoms with Crippen molar-refractivity contribution in [3.8, 4) is 0 Å². The number of benzene rings is 1. The molecule has 2 fully saturated rings. The fourth-order valence-electron chi connectivity index (χ4n) is 3.70. The fourth-order valence-corrected chi connectivity index (χ4v) is 4.36. The van der Waals surface area contributed by atoms with Gasteiger partial charge in [-0.05, 0) is 68.0 Å². The predicted octanol–water partition coefficient (Wildman–Crippen LogP) is 3.49. The van der Waals surface area contributed by atoms with Gasteiger partial charge in [-0.1, -0.05) is 23.2 Å². The number of aryl methyl sites for hydroxylation is 1. The molecule has 0 radical (unpaired) electrons. The van der Waals surface area contributed by atoms with E-state index in [-0.39, 0.29) is 36.8 Å². The van der Waals surface area contributed by atoms with Gasteiger partial charge in [-0.15, -0.1) is 24.8 Å². The molecule has 1 unspecified atom stereocenters. The topological polar surface area (TPSA) is 53.2 Å². The molecule has 3 N–H and O–H groups in total. The Morgan fingerprint density at radius 1 is 1.28 bits per heavy atom. The second-order valence-corrected chi connectivity index (χ2v) is 7.63. The molecule has 2 saturated heterocycles. The molecule has 1 atom stereocenters. The number of nitrogens with one attached hydrogen (secondary N) is 3. The summed E-state index contributed by atoms with van der Waals surface area (Å²) in [5.41, 5.74) is 2.22. The van der Waals surface area contributed by atoms with Gasteiger partial charge < -0.3 is 16.0 Å². The highest BCUT2D eigenvalue weighted by atomic mass is 35.5. The average Bonchev–Trinajstić information content (AvgIpc) is 2.90. The van der Waals surface area contributed by atoms with Gasteiger partial charge in [-0.25, -0.2) is 0 Å². The Balaban J connectivity index is 0.00000156. The first-order valence-corrected chi connectivity index (χ1v) is 8.91. The first-order chi connectivity index (χ1) is 11.0. The van der Waals surface area contributed by atoms with Crippen LogP contribution < -0.4 is 16.0 Å². The van der Waals surface area contributed by atoms with E-state index < -0.39 is 0 Å². The van der Waals surface area contributed by atoms with Gasteiger partial charge >= 0.3 is 0 Å². The highest BCUT2D eigenvalue weighted by Gasteiger charge is 2.41. The zero-order valence-electron chi connectivity index (χ0n) is 14.2. The minimum Gasteiger partial charge on any atom is -0.351 e. The number of halogens is 4. The van der Waals surface area contributed by atoms with Crippen molar-refractivity contribution in [1.29, 1.82) is 0 Å². The second-order valence-electron chi connectivity index (χ2n) is 6.79. The summed E-state index contributed by atoms with van der Waals surface area (Å²) in [5, 5.41) is 11.0. The molecule has 4 nitrogen and oxygen atoms in total. The van der Waals surface area contributed by atoms with Crippen LogP contribution in [0.3, 0.4) is 0 Å². The lowest BCUT2D eigenvalue weighted by Gasteiger charge is -2.33. The van der Waals surface area contributed by atoms with Gasteiger partial charge in [0, 0.05) is 23.1 Å². The Labute approximate surface area is 171 Å². The molecule has 0 aromatic heterocycles. The molecule has 3 rings (SSSR count). The summed E-state index contributed by atoms with van der Waals surface area (Å²) < 4.78 is 0. The Hall–Kier alpha value is -0.230. The van der Waals surface area contributed by atoms with Crippen molar-refractivity contribution in [3.05, 3.63) is 33.3 Å². The van der Waals surface area contributed by atoms with Crippen molar-refractivity contribution in [1.82, 2.24) is 16.0 Å². The van der Waals surface area contributed by atoms with Gasteiger partial charge in [0.15, 0.2) is 0 Å². The van der Waals surface area contributed by atoms with E-state index in [0.29, 0.717) is 22.0 Å². The molecule has 1 spiro atoms. The number of amides is 1. The standard InChI is InChI=1S/C17H23Cl2N3O.2ClH/c1-11-6-12(18)7-14(19)13(11)9-21-16(23)15-8-17(10-22-15)2-4-20-5-3-17;;/h6-7,15,20,22H,2-5,8-10H2,1H3,(H,21,23);2*1H. The van der Waals surface area contributed by atoms with E-state index in [9.17, 15) is 4.79 Å². The molecular formula is C17H25Cl4N3O. The Bertz CT molecular complexity index is 583. The number of carbonyl (C=O) groups is 1. The molecule has 1 aromatic rings. The van der Waals surface area contributed by atoms with Crippen LogP contribution in [-0.2, 0) is 11.3 Å². The van der Waals surface area contributed by atoms with Crippen molar-refractivity contribution in [3.63, 3.8) is 0 Å². The number of carbonyl (C=O) groups excluding carboxylic acids is 1. The number of hydrogen-bond acceptors (Lipinski definition) is 3. The third-order valence-electron chi connectivity index (χ3n) is 5.16. The Kier molecular flexibility index (Phi) is 8.79. The van der Waals surface area contributed by atoms with Crippen molar-refractivity contribution in [2.45, 2.75) is 38.8 Å². The molecule has 8 heteroatoms. The minimum absolute atomic E-state index is 0. The highest BCUT2D eigenvalue weighted by molar-refractivity contribution is 6.35. The lowest BCUT2D eigenvalue weighted by molar-refractivity contribution is -0.123. The summed E-state index contributed by atoms with van der Waals surface area (Å²) in [4.78, 5) is 12.5.